The molecule has 0 saturated heterocycles. The van der Waals surface area contributed by atoms with Gasteiger partial charge in [-0.3, -0.25) is 14.3 Å². The minimum atomic E-state index is -0.959. The van der Waals surface area contributed by atoms with E-state index in [2.05, 4.69) is 20.5 Å². The largest absolute Gasteiger partial charge is 0.491 e. The van der Waals surface area contributed by atoms with E-state index in [0.717, 1.165) is 5.56 Å². The second kappa shape index (κ2) is 9.53. The van der Waals surface area contributed by atoms with Crippen LogP contribution in [0.2, 0.25) is 0 Å². The topological polar surface area (TPSA) is 127 Å². The molecule has 0 aliphatic rings. The van der Waals surface area contributed by atoms with Crippen LogP contribution in [0.15, 0.2) is 75.4 Å². The third-order valence-corrected chi connectivity index (χ3v) is 5.10. The van der Waals surface area contributed by atoms with Crippen molar-refractivity contribution in [2.24, 2.45) is 12.1 Å². The van der Waals surface area contributed by atoms with Gasteiger partial charge in [0.15, 0.2) is 11.2 Å². The fourth-order valence-corrected chi connectivity index (χ4v) is 3.35. The number of hydrazone groups is 1. The number of hydrogen-bond donors (Lipinski definition) is 3. The number of para-hydroxylation sites is 1. The Kier molecular flexibility index (Phi) is 6.36. The Morgan fingerprint density at radius 1 is 1.15 bits per heavy atom. The zero-order valence-corrected chi connectivity index (χ0v) is 18.2. The minimum absolute atomic E-state index is 0.000886. The van der Waals surface area contributed by atoms with Crippen molar-refractivity contribution in [2.45, 2.75) is 19.6 Å². The van der Waals surface area contributed by atoms with E-state index in [1.54, 1.807) is 12.1 Å². The molecular formula is C23H24N6O4. The SMILES string of the molecule is C/C(=N/Nc1nc2c(c(=O)[nH]c(=O)n2C)n1C[C@@H](O)COc1ccccc1)c1ccccc1. The second-order valence-electron chi connectivity index (χ2n) is 7.49. The first-order valence-electron chi connectivity index (χ1n) is 10.3. The summed E-state index contributed by atoms with van der Waals surface area (Å²) in [5.74, 6) is 0.833. The fraction of sp³-hybridized carbons (Fsp3) is 0.217. The van der Waals surface area contributed by atoms with Crippen molar-refractivity contribution in [1.29, 1.82) is 0 Å². The third kappa shape index (κ3) is 4.85. The predicted octanol–water partition coefficient (Wildman–Crippen LogP) is 1.70. The van der Waals surface area contributed by atoms with Crippen LogP contribution in [0.25, 0.3) is 11.2 Å². The number of nitrogens with zero attached hydrogens (tertiary/aromatic N) is 4. The van der Waals surface area contributed by atoms with Gasteiger partial charge in [0.1, 0.15) is 18.5 Å². The van der Waals surface area contributed by atoms with Gasteiger partial charge in [0, 0.05) is 7.05 Å². The van der Waals surface area contributed by atoms with E-state index >= 15 is 0 Å². The molecule has 0 spiro atoms. The number of H-pyrrole nitrogens is 1. The number of aliphatic hydroxyl groups is 1. The smallest absolute Gasteiger partial charge is 0.329 e. The molecule has 10 heteroatoms. The molecule has 4 aromatic rings. The van der Waals surface area contributed by atoms with Crippen LogP contribution in [0, 0.1) is 0 Å². The number of aromatic amines is 1. The molecule has 4 rings (SSSR count). The number of aromatic nitrogens is 4. The number of anilines is 1. The maximum atomic E-state index is 12.6. The highest BCUT2D eigenvalue weighted by atomic mass is 16.5. The summed E-state index contributed by atoms with van der Waals surface area (Å²) < 4.78 is 8.35. The number of aliphatic hydroxyl groups excluding tert-OH is 1. The molecule has 0 radical (unpaired) electrons. The molecule has 2 aromatic carbocycles. The van der Waals surface area contributed by atoms with Crippen LogP contribution in [0.4, 0.5) is 5.95 Å². The van der Waals surface area contributed by atoms with Gasteiger partial charge in [0.2, 0.25) is 5.95 Å². The zero-order chi connectivity index (χ0) is 23.4. The molecule has 0 amide bonds. The highest BCUT2D eigenvalue weighted by molar-refractivity contribution is 5.99. The molecule has 0 aliphatic carbocycles. The maximum absolute atomic E-state index is 12.6. The lowest BCUT2D eigenvalue weighted by Crippen LogP contribution is -2.30. The number of nitrogens with one attached hydrogen (secondary N) is 2. The maximum Gasteiger partial charge on any atom is 0.329 e. The van der Waals surface area contributed by atoms with Gasteiger partial charge in [-0.15, -0.1) is 0 Å². The van der Waals surface area contributed by atoms with Crippen LogP contribution in [0.1, 0.15) is 12.5 Å². The van der Waals surface area contributed by atoms with Crippen molar-refractivity contribution in [3.8, 4) is 5.75 Å². The summed E-state index contributed by atoms with van der Waals surface area (Å²) in [6.07, 6.45) is -0.959. The van der Waals surface area contributed by atoms with E-state index in [9.17, 15) is 14.7 Å². The van der Waals surface area contributed by atoms with Crippen LogP contribution in [0.5, 0.6) is 5.75 Å². The Morgan fingerprint density at radius 3 is 2.52 bits per heavy atom. The van der Waals surface area contributed by atoms with E-state index in [1.807, 2.05) is 55.5 Å². The summed E-state index contributed by atoms with van der Waals surface area (Å²) in [4.78, 5) is 31.3. The Labute approximate surface area is 188 Å². The van der Waals surface area contributed by atoms with Crippen LogP contribution in [0.3, 0.4) is 0 Å². The Morgan fingerprint density at radius 2 is 1.82 bits per heavy atom. The van der Waals surface area contributed by atoms with Crippen molar-refractivity contribution < 1.29 is 9.84 Å². The van der Waals surface area contributed by atoms with Crippen LogP contribution in [-0.2, 0) is 13.6 Å². The molecular weight excluding hydrogens is 424 g/mol. The molecule has 3 N–H and O–H groups in total. The third-order valence-electron chi connectivity index (χ3n) is 5.10. The fourth-order valence-electron chi connectivity index (χ4n) is 3.35. The second-order valence-corrected chi connectivity index (χ2v) is 7.49. The standard InChI is InChI=1S/C23H24N6O4/c1-15(16-9-5-3-6-10-16)26-27-22-24-20-19(21(31)25-23(32)28(20)2)29(22)13-17(30)14-33-18-11-7-4-8-12-18/h3-12,17,30H,13-14H2,1-2H3,(H,24,27)(H,25,31,32)/b26-15-/t17-/m1/s1. The number of hydrogen-bond acceptors (Lipinski definition) is 7. The summed E-state index contributed by atoms with van der Waals surface area (Å²) in [6, 6.07) is 18.7. The zero-order valence-electron chi connectivity index (χ0n) is 18.2. The summed E-state index contributed by atoms with van der Waals surface area (Å²) in [6.45, 7) is 1.83. The predicted molar refractivity (Wildman–Crippen MR) is 126 cm³/mol. The minimum Gasteiger partial charge on any atom is -0.491 e. The lowest BCUT2D eigenvalue weighted by molar-refractivity contribution is 0.0938. The van der Waals surface area contributed by atoms with E-state index in [1.165, 1.54) is 16.2 Å². The van der Waals surface area contributed by atoms with E-state index in [4.69, 9.17) is 4.74 Å². The average Bonchev–Trinajstić information content (AvgIpc) is 3.19. The van der Waals surface area contributed by atoms with Gasteiger partial charge < -0.3 is 14.4 Å². The lowest BCUT2D eigenvalue weighted by atomic mass is 10.1. The molecule has 33 heavy (non-hydrogen) atoms. The molecule has 170 valence electrons. The number of aryl methyl sites for hydroxylation is 1. The Bertz CT molecular complexity index is 1390. The van der Waals surface area contributed by atoms with Gasteiger partial charge in [-0.1, -0.05) is 48.5 Å². The molecule has 10 nitrogen and oxygen atoms in total. The first-order valence-corrected chi connectivity index (χ1v) is 10.3. The van der Waals surface area contributed by atoms with Crippen molar-refractivity contribution in [3.05, 3.63) is 87.1 Å². The number of fused-ring (bicyclic) bond motifs is 1. The highest BCUT2D eigenvalue weighted by Crippen LogP contribution is 2.17. The van der Waals surface area contributed by atoms with Crippen LogP contribution >= 0.6 is 0 Å². The van der Waals surface area contributed by atoms with Crippen molar-refractivity contribution in [2.75, 3.05) is 12.0 Å². The van der Waals surface area contributed by atoms with Crippen LogP contribution < -0.4 is 21.4 Å². The van der Waals surface area contributed by atoms with Crippen molar-refractivity contribution in [1.82, 2.24) is 19.1 Å². The lowest BCUT2D eigenvalue weighted by Gasteiger charge is -2.15. The first kappa shape index (κ1) is 22.0. The Hall–Kier alpha value is -4.18. The van der Waals surface area contributed by atoms with Crippen molar-refractivity contribution >= 4 is 22.8 Å². The van der Waals surface area contributed by atoms with Gasteiger partial charge >= 0.3 is 5.69 Å². The molecule has 0 unspecified atom stereocenters. The van der Waals surface area contributed by atoms with Crippen molar-refractivity contribution in [3.63, 3.8) is 0 Å². The summed E-state index contributed by atoms with van der Waals surface area (Å²) in [5, 5.41) is 15.0. The van der Waals surface area contributed by atoms with Gasteiger partial charge in [0.25, 0.3) is 5.56 Å². The molecule has 0 saturated carbocycles. The monoisotopic (exact) mass is 448 g/mol. The van der Waals surface area contributed by atoms with Gasteiger partial charge in [-0.2, -0.15) is 10.1 Å². The Balaban J connectivity index is 1.66. The van der Waals surface area contributed by atoms with Crippen LogP contribution in [-0.4, -0.2) is 42.6 Å². The van der Waals surface area contributed by atoms with E-state index in [0.29, 0.717) is 11.5 Å². The number of benzene rings is 2. The summed E-state index contributed by atoms with van der Waals surface area (Å²) >= 11 is 0. The van der Waals surface area contributed by atoms with Gasteiger partial charge in [-0.05, 0) is 24.6 Å². The van der Waals surface area contributed by atoms with E-state index < -0.39 is 17.4 Å². The molecule has 0 bridgehead atoms. The van der Waals surface area contributed by atoms with Gasteiger partial charge in [-0.25, -0.2) is 10.2 Å². The molecule has 0 fully saturated rings. The number of ether oxygens (including phenoxy) is 1. The number of imidazole rings is 1. The normalized spacial score (nSPS) is 12.6. The molecule has 1 atom stereocenters. The summed E-state index contributed by atoms with van der Waals surface area (Å²) in [5.41, 5.74) is 3.62. The van der Waals surface area contributed by atoms with E-state index in [-0.39, 0.29) is 30.3 Å². The first-order chi connectivity index (χ1) is 15.9. The number of rotatable bonds is 8. The molecule has 2 aromatic heterocycles. The molecule has 0 aliphatic heterocycles. The average molecular weight is 448 g/mol. The highest BCUT2D eigenvalue weighted by Gasteiger charge is 2.20. The quantitative estimate of drug-likeness (QED) is 0.278. The van der Waals surface area contributed by atoms with Gasteiger partial charge in [0.05, 0.1) is 12.3 Å². The molecule has 2 heterocycles. The summed E-state index contributed by atoms with van der Waals surface area (Å²) in [7, 11) is 1.51.